The van der Waals surface area contributed by atoms with Crippen LogP contribution in [0.5, 0.6) is 0 Å². The van der Waals surface area contributed by atoms with Crippen LogP contribution in [0.1, 0.15) is 17.4 Å². The van der Waals surface area contributed by atoms with Crippen LogP contribution in [0.25, 0.3) is 0 Å². The van der Waals surface area contributed by atoms with Crippen molar-refractivity contribution in [3.05, 3.63) is 34.7 Å². The van der Waals surface area contributed by atoms with E-state index in [4.69, 9.17) is 0 Å². The van der Waals surface area contributed by atoms with Crippen molar-refractivity contribution in [2.24, 2.45) is 10.2 Å². The summed E-state index contributed by atoms with van der Waals surface area (Å²) in [5.74, 6) is -0.201. The molecule has 0 aliphatic heterocycles. The summed E-state index contributed by atoms with van der Waals surface area (Å²) in [6.07, 6.45) is 0. The molecule has 1 aromatic carbocycles. The summed E-state index contributed by atoms with van der Waals surface area (Å²) in [6.45, 7) is 5.20. The lowest BCUT2D eigenvalue weighted by atomic mass is 10.2. The third kappa shape index (κ3) is 4.21. The molecule has 0 saturated heterocycles. The van der Waals surface area contributed by atoms with Gasteiger partial charge in [-0.2, -0.15) is 5.11 Å². The number of carbonyl (C=O) groups is 1. The molecule has 0 atom stereocenters. The molecule has 1 amide bonds. The van der Waals surface area contributed by atoms with Crippen LogP contribution in [-0.4, -0.2) is 18.9 Å². The van der Waals surface area contributed by atoms with Gasteiger partial charge < -0.3 is 9.87 Å². The Labute approximate surface area is 137 Å². The van der Waals surface area contributed by atoms with Crippen LogP contribution in [0.2, 0.25) is 0 Å². The van der Waals surface area contributed by atoms with E-state index in [2.05, 4.69) is 15.5 Å². The molecule has 23 heavy (non-hydrogen) atoms. The zero-order valence-electron chi connectivity index (χ0n) is 12.7. The number of aryl methyl sites for hydroxylation is 1. The van der Waals surface area contributed by atoms with Crippen molar-refractivity contribution in [3.8, 4) is 0 Å². The maximum atomic E-state index is 11.2. The molecule has 0 fully saturated rings. The Morgan fingerprint density at radius 2 is 1.78 bits per heavy atom. The lowest BCUT2D eigenvalue weighted by Gasteiger charge is -2.05. The fourth-order valence-corrected chi connectivity index (χ4v) is 3.28. The number of nitrogens with one attached hydrogen (secondary N) is 1. The fraction of sp³-hybridized carbons (Fsp3) is 0.214. The van der Waals surface area contributed by atoms with Gasteiger partial charge in [0.25, 0.3) is 0 Å². The molecule has 2 aromatic rings. The quantitative estimate of drug-likeness (QED) is 0.668. The Balaban J connectivity index is 2.31. The monoisotopic (exact) mass is 352 g/mol. The SMILES string of the molecule is CC(=O)Nc1sc(C)c(C)c1N=Nc1ccc(S(=O)(=O)[O-])cc1. The van der Waals surface area contributed by atoms with E-state index in [1.54, 1.807) is 0 Å². The average Bonchev–Trinajstić information content (AvgIpc) is 2.70. The number of benzene rings is 1. The minimum absolute atomic E-state index is 0.201. The van der Waals surface area contributed by atoms with E-state index in [1.165, 1.54) is 42.5 Å². The highest BCUT2D eigenvalue weighted by Crippen LogP contribution is 2.40. The van der Waals surface area contributed by atoms with Gasteiger partial charge in [-0.3, -0.25) is 4.79 Å². The normalized spacial score (nSPS) is 11.8. The number of hydrogen-bond donors (Lipinski definition) is 1. The first-order valence-electron chi connectivity index (χ1n) is 6.54. The Bertz CT molecular complexity index is 868. The molecule has 1 heterocycles. The summed E-state index contributed by atoms with van der Waals surface area (Å²) in [5, 5.41) is 11.5. The molecule has 0 unspecified atom stereocenters. The number of rotatable bonds is 4. The average molecular weight is 352 g/mol. The Morgan fingerprint density at radius 1 is 1.17 bits per heavy atom. The molecule has 0 spiro atoms. The summed E-state index contributed by atoms with van der Waals surface area (Å²) in [7, 11) is -4.48. The van der Waals surface area contributed by atoms with Gasteiger partial charge in [0.1, 0.15) is 20.8 Å². The number of hydrogen-bond acceptors (Lipinski definition) is 7. The van der Waals surface area contributed by atoms with Crippen LogP contribution < -0.4 is 5.32 Å². The third-order valence-corrected chi connectivity index (χ3v) is 5.00. The molecule has 7 nitrogen and oxygen atoms in total. The van der Waals surface area contributed by atoms with Crippen molar-refractivity contribution < 1.29 is 17.8 Å². The van der Waals surface area contributed by atoms with Crippen LogP contribution in [-0.2, 0) is 14.9 Å². The van der Waals surface area contributed by atoms with Crippen molar-refractivity contribution in [2.75, 3.05) is 5.32 Å². The summed E-state index contributed by atoms with van der Waals surface area (Å²) < 4.78 is 32.6. The van der Waals surface area contributed by atoms with Crippen LogP contribution in [0.3, 0.4) is 0 Å². The van der Waals surface area contributed by atoms with E-state index < -0.39 is 10.1 Å². The summed E-state index contributed by atoms with van der Waals surface area (Å²) in [5.41, 5.74) is 1.86. The van der Waals surface area contributed by atoms with Gasteiger partial charge in [0.15, 0.2) is 0 Å². The van der Waals surface area contributed by atoms with Gasteiger partial charge >= 0.3 is 0 Å². The molecule has 1 aromatic heterocycles. The summed E-state index contributed by atoms with van der Waals surface area (Å²) in [4.78, 5) is 11.9. The van der Waals surface area contributed by atoms with Crippen molar-refractivity contribution >= 4 is 43.7 Å². The van der Waals surface area contributed by atoms with Gasteiger partial charge in [-0.1, -0.05) is 0 Å². The molecule has 0 aliphatic rings. The maximum Gasteiger partial charge on any atom is 0.221 e. The Hall–Kier alpha value is -2.10. The van der Waals surface area contributed by atoms with Crippen molar-refractivity contribution in [1.29, 1.82) is 0 Å². The minimum atomic E-state index is -4.48. The topological polar surface area (TPSA) is 111 Å². The molecule has 9 heteroatoms. The lowest BCUT2D eigenvalue weighted by molar-refractivity contribution is -0.114. The van der Waals surface area contributed by atoms with Gasteiger partial charge in [0, 0.05) is 11.8 Å². The molecule has 0 saturated carbocycles. The Morgan fingerprint density at radius 3 is 2.30 bits per heavy atom. The Kier molecular flexibility index (Phi) is 4.93. The van der Waals surface area contributed by atoms with Crippen LogP contribution in [0, 0.1) is 13.8 Å². The van der Waals surface area contributed by atoms with Gasteiger partial charge in [-0.05, 0) is 43.7 Å². The predicted octanol–water partition coefficient (Wildman–Crippen LogP) is 3.64. The first-order valence-corrected chi connectivity index (χ1v) is 8.76. The highest BCUT2D eigenvalue weighted by atomic mass is 32.2. The molecule has 1 N–H and O–H groups in total. The third-order valence-electron chi connectivity index (χ3n) is 3.03. The van der Waals surface area contributed by atoms with Gasteiger partial charge in [-0.25, -0.2) is 8.42 Å². The number of amides is 1. The highest BCUT2D eigenvalue weighted by Gasteiger charge is 2.13. The van der Waals surface area contributed by atoms with Crippen molar-refractivity contribution in [1.82, 2.24) is 0 Å². The molecular weight excluding hydrogens is 338 g/mol. The number of nitrogens with zero attached hydrogens (tertiary/aromatic N) is 2. The van der Waals surface area contributed by atoms with Crippen molar-refractivity contribution in [3.63, 3.8) is 0 Å². The highest BCUT2D eigenvalue weighted by molar-refractivity contribution is 7.85. The van der Waals surface area contributed by atoms with E-state index in [0.717, 1.165) is 10.4 Å². The van der Waals surface area contributed by atoms with E-state index >= 15 is 0 Å². The first kappa shape index (κ1) is 17.3. The van der Waals surface area contributed by atoms with Crippen LogP contribution in [0.15, 0.2) is 39.4 Å². The van der Waals surface area contributed by atoms with E-state index in [0.29, 0.717) is 16.4 Å². The van der Waals surface area contributed by atoms with Gasteiger partial charge in [-0.15, -0.1) is 16.5 Å². The van der Waals surface area contributed by atoms with Gasteiger partial charge in [0.05, 0.1) is 10.6 Å². The van der Waals surface area contributed by atoms with E-state index in [9.17, 15) is 17.8 Å². The molecule has 0 aliphatic carbocycles. The first-order chi connectivity index (χ1) is 10.7. The molecule has 2 rings (SSSR count). The second kappa shape index (κ2) is 6.57. The number of carbonyl (C=O) groups excluding carboxylic acids is 1. The molecular formula is C14H14N3O4S2-. The second-order valence-electron chi connectivity index (χ2n) is 4.79. The molecule has 0 radical (unpaired) electrons. The van der Waals surface area contributed by atoms with E-state index in [-0.39, 0.29) is 10.8 Å². The number of azo groups is 1. The number of anilines is 1. The van der Waals surface area contributed by atoms with Crippen LogP contribution in [0.4, 0.5) is 16.4 Å². The van der Waals surface area contributed by atoms with Crippen molar-refractivity contribution in [2.45, 2.75) is 25.7 Å². The summed E-state index contributed by atoms with van der Waals surface area (Å²) in [6, 6.07) is 5.14. The summed E-state index contributed by atoms with van der Waals surface area (Å²) >= 11 is 1.40. The lowest BCUT2D eigenvalue weighted by Crippen LogP contribution is -2.03. The number of thiophene rings is 1. The smallest absolute Gasteiger partial charge is 0.221 e. The maximum absolute atomic E-state index is 11.2. The molecule has 0 bridgehead atoms. The fourth-order valence-electron chi connectivity index (χ4n) is 1.77. The largest absolute Gasteiger partial charge is 0.744 e. The van der Waals surface area contributed by atoms with Gasteiger partial charge in [0.2, 0.25) is 5.91 Å². The van der Waals surface area contributed by atoms with Crippen LogP contribution >= 0.6 is 11.3 Å². The molecule has 122 valence electrons. The zero-order chi connectivity index (χ0) is 17.2. The predicted molar refractivity (Wildman–Crippen MR) is 86.7 cm³/mol. The standard InChI is InChI=1S/C14H15N3O4S2/c1-8-9(2)22-14(15-10(3)18)13(8)17-16-11-4-6-12(7-5-11)23(19,20)21/h4-7H,1-3H3,(H,15,18)(H,19,20,21)/p-1. The second-order valence-corrected chi connectivity index (χ2v) is 7.39. The zero-order valence-corrected chi connectivity index (χ0v) is 14.3. The minimum Gasteiger partial charge on any atom is -0.744 e. The van der Waals surface area contributed by atoms with E-state index in [1.807, 2.05) is 13.8 Å².